The van der Waals surface area contributed by atoms with Gasteiger partial charge in [-0.3, -0.25) is 4.79 Å². The number of hydrogen-bond donors (Lipinski definition) is 1. The van der Waals surface area contributed by atoms with Crippen molar-refractivity contribution in [2.24, 2.45) is 7.05 Å². The molecule has 0 aliphatic carbocycles. The molecule has 1 atom stereocenters. The fourth-order valence-corrected chi connectivity index (χ4v) is 6.13. The van der Waals surface area contributed by atoms with Gasteiger partial charge in [0.25, 0.3) is 0 Å². The van der Waals surface area contributed by atoms with Crippen LogP contribution in [0.2, 0.25) is 0 Å². The lowest BCUT2D eigenvalue weighted by Crippen LogP contribution is -2.19. The Balaban J connectivity index is 1.84. The third-order valence-corrected chi connectivity index (χ3v) is 7.78. The van der Waals surface area contributed by atoms with Crippen LogP contribution >= 0.6 is 23.5 Å². The van der Waals surface area contributed by atoms with Crippen molar-refractivity contribution in [1.29, 1.82) is 0 Å². The maximum absolute atomic E-state index is 12.6. The molecule has 34 heavy (non-hydrogen) atoms. The van der Waals surface area contributed by atoms with Gasteiger partial charge in [0, 0.05) is 44.4 Å². The smallest absolute Gasteiger partial charge is 0.312 e. The standard InChI is InChI=1S/C28H30N2O2S2/c1-18-11-14-24(29-17-18)33-20-12-13-23-21(16-20)26(34-28(2,3)4)25(30(23)5)22(27(31)32)15-19-9-7-6-8-10-19/h6-14,16-17,22H,15H2,1-5H3,(H,31,32). The summed E-state index contributed by atoms with van der Waals surface area (Å²) in [6, 6.07) is 20.4. The maximum Gasteiger partial charge on any atom is 0.312 e. The van der Waals surface area contributed by atoms with Gasteiger partial charge in [-0.2, -0.15) is 0 Å². The van der Waals surface area contributed by atoms with Crippen LogP contribution in [-0.2, 0) is 18.3 Å². The van der Waals surface area contributed by atoms with E-state index in [9.17, 15) is 9.90 Å². The second-order valence-corrected chi connectivity index (χ2v) is 12.5. The zero-order valence-electron chi connectivity index (χ0n) is 20.2. The lowest BCUT2D eigenvalue weighted by Gasteiger charge is -2.21. The Hall–Kier alpha value is -2.70. The molecule has 0 aliphatic rings. The molecule has 0 spiro atoms. The van der Waals surface area contributed by atoms with Crippen LogP contribution in [0.15, 0.2) is 81.7 Å². The van der Waals surface area contributed by atoms with Crippen molar-refractivity contribution in [3.8, 4) is 0 Å². The lowest BCUT2D eigenvalue weighted by atomic mass is 9.96. The van der Waals surface area contributed by atoms with Gasteiger partial charge in [-0.1, -0.05) is 68.9 Å². The van der Waals surface area contributed by atoms with Crippen molar-refractivity contribution >= 4 is 40.4 Å². The lowest BCUT2D eigenvalue weighted by molar-refractivity contribution is -0.139. The van der Waals surface area contributed by atoms with Crippen molar-refractivity contribution in [3.05, 3.63) is 83.7 Å². The molecule has 0 aliphatic heterocycles. The van der Waals surface area contributed by atoms with Gasteiger partial charge in [0.2, 0.25) is 0 Å². The minimum Gasteiger partial charge on any atom is -0.481 e. The summed E-state index contributed by atoms with van der Waals surface area (Å²) in [5.41, 5.74) is 4.06. The molecule has 176 valence electrons. The molecule has 2 aromatic heterocycles. The van der Waals surface area contributed by atoms with Gasteiger partial charge in [0.15, 0.2) is 0 Å². The summed E-state index contributed by atoms with van der Waals surface area (Å²) in [5, 5.41) is 12.3. The van der Waals surface area contributed by atoms with Crippen LogP contribution in [-0.4, -0.2) is 25.4 Å². The molecule has 0 saturated heterocycles. The monoisotopic (exact) mass is 490 g/mol. The maximum atomic E-state index is 12.6. The van der Waals surface area contributed by atoms with Gasteiger partial charge < -0.3 is 9.67 Å². The number of thioether (sulfide) groups is 1. The molecule has 2 aromatic carbocycles. The molecule has 4 rings (SSSR count). The first-order valence-electron chi connectivity index (χ1n) is 11.3. The quantitative estimate of drug-likeness (QED) is 0.275. The number of carboxylic acid groups (broad SMARTS) is 1. The molecule has 6 heteroatoms. The third kappa shape index (κ3) is 5.50. The van der Waals surface area contributed by atoms with Gasteiger partial charge in [-0.15, -0.1) is 11.8 Å². The molecule has 0 fully saturated rings. The van der Waals surface area contributed by atoms with Crippen LogP contribution in [0, 0.1) is 6.92 Å². The van der Waals surface area contributed by atoms with Crippen molar-refractivity contribution < 1.29 is 9.90 Å². The molecule has 1 unspecified atom stereocenters. The molecular weight excluding hydrogens is 460 g/mol. The zero-order chi connectivity index (χ0) is 24.5. The number of aromatic nitrogens is 2. The summed E-state index contributed by atoms with van der Waals surface area (Å²) < 4.78 is 2.00. The average Bonchev–Trinajstić information content (AvgIpc) is 3.04. The van der Waals surface area contributed by atoms with E-state index in [2.05, 4.69) is 54.6 Å². The molecule has 0 radical (unpaired) electrons. The van der Waals surface area contributed by atoms with E-state index < -0.39 is 11.9 Å². The molecule has 4 aromatic rings. The number of nitrogens with zero attached hydrogens (tertiary/aromatic N) is 2. The van der Waals surface area contributed by atoms with Crippen LogP contribution in [0.1, 0.15) is 43.5 Å². The average molecular weight is 491 g/mol. The minimum absolute atomic E-state index is 0.0690. The molecule has 0 bridgehead atoms. The Kier molecular flexibility index (Phi) is 7.10. The first-order chi connectivity index (χ1) is 16.1. The largest absolute Gasteiger partial charge is 0.481 e. The minimum atomic E-state index is -0.802. The van der Waals surface area contributed by atoms with E-state index in [-0.39, 0.29) is 4.75 Å². The fourth-order valence-electron chi connectivity index (χ4n) is 4.06. The van der Waals surface area contributed by atoms with Crippen LogP contribution in [0.3, 0.4) is 0 Å². The van der Waals surface area contributed by atoms with Crippen molar-refractivity contribution in [3.63, 3.8) is 0 Å². The normalized spacial score (nSPS) is 12.7. The number of carbonyl (C=O) groups is 1. The SMILES string of the molecule is Cc1ccc(Sc2ccc3c(c2)c(SC(C)(C)C)c(C(Cc2ccccc2)C(=O)O)n3C)nc1. The number of carboxylic acids is 1. The first kappa shape index (κ1) is 24.4. The fraction of sp³-hybridized carbons (Fsp3) is 0.286. The summed E-state index contributed by atoms with van der Waals surface area (Å²) in [5.74, 6) is -1.44. The van der Waals surface area contributed by atoms with E-state index in [0.29, 0.717) is 6.42 Å². The Bertz CT molecular complexity index is 1310. The summed E-state index contributed by atoms with van der Waals surface area (Å²) in [7, 11) is 1.99. The third-order valence-electron chi connectivity index (χ3n) is 5.59. The van der Waals surface area contributed by atoms with E-state index in [0.717, 1.165) is 42.5 Å². The summed E-state index contributed by atoms with van der Waals surface area (Å²) >= 11 is 3.37. The highest BCUT2D eigenvalue weighted by molar-refractivity contribution is 8.01. The summed E-state index contributed by atoms with van der Waals surface area (Å²) in [6.45, 7) is 8.54. The van der Waals surface area contributed by atoms with E-state index in [1.807, 2.05) is 56.6 Å². The highest BCUT2D eigenvalue weighted by Gasteiger charge is 2.31. The van der Waals surface area contributed by atoms with Gasteiger partial charge >= 0.3 is 5.97 Å². The van der Waals surface area contributed by atoms with Gasteiger partial charge in [0.1, 0.15) is 10.9 Å². The van der Waals surface area contributed by atoms with Crippen molar-refractivity contribution in [2.45, 2.75) is 59.6 Å². The van der Waals surface area contributed by atoms with E-state index >= 15 is 0 Å². The first-order valence-corrected chi connectivity index (χ1v) is 12.9. The van der Waals surface area contributed by atoms with Crippen LogP contribution < -0.4 is 0 Å². The van der Waals surface area contributed by atoms with E-state index in [4.69, 9.17) is 0 Å². The highest BCUT2D eigenvalue weighted by atomic mass is 32.2. The molecule has 4 nitrogen and oxygen atoms in total. The van der Waals surface area contributed by atoms with Crippen molar-refractivity contribution in [1.82, 2.24) is 9.55 Å². The Morgan fingerprint density at radius 2 is 1.82 bits per heavy atom. The summed E-state index contributed by atoms with van der Waals surface area (Å²) in [4.78, 5) is 19.2. The van der Waals surface area contributed by atoms with E-state index in [1.54, 1.807) is 23.5 Å². The summed E-state index contributed by atoms with van der Waals surface area (Å²) in [6.07, 6.45) is 2.33. The van der Waals surface area contributed by atoms with Gasteiger partial charge in [-0.05, 0) is 48.7 Å². The topological polar surface area (TPSA) is 55.1 Å². The number of benzene rings is 2. The predicted molar refractivity (Wildman–Crippen MR) is 142 cm³/mol. The predicted octanol–water partition coefficient (Wildman–Crippen LogP) is 7.33. The Morgan fingerprint density at radius 3 is 2.44 bits per heavy atom. The number of fused-ring (bicyclic) bond motifs is 1. The van der Waals surface area contributed by atoms with E-state index in [1.165, 1.54) is 0 Å². The van der Waals surface area contributed by atoms with Crippen LogP contribution in [0.4, 0.5) is 0 Å². The van der Waals surface area contributed by atoms with Gasteiger partial charge in [-0.25, -0.2) is 4.98 Å². The molecule has 0 amide bonds. The van der Waals surface area contributed by atoms with Gasteiger partial charge in [0.05, 0.1) is 0 Å². The number of aryl methyl sites for hydroxylation is 2. The second-order valence-electron chi connectivity index (χ2n) is 9.52. The number of pyridine rings is 1. The van der Waals surface area contributed by atoms with Crippen LogP contribution in [0.5, 0.6) is 0 Å². The highest BCUT2D eigenvalue weighted by Crippen LogP contribution is 2.45. The number of hydrogen-bond acceptors (Lipinski definition) is 4. The molecule has 1 N–H and O–H groups in total. The molecular formula is C28H30N2O2S2. The van der Waals surface area contributed by atoms with Crippen molar-refractivity contribution in [2.75, 3.05) is 0 Å². The second kappa shape index (κ2) is 9.88. The molecule has 2 heterocycles. The zero-order valence-corrected chi connectivity index (χ0v) is 21.8. The number of aliphatic carboxylic acids is 1. The number of rotatable bonds is 7. The Labute approximate surface area is 209 Å². The Morgan fingerprint density at radius 1 is 1.09 bits per heavy atom. The van der Waals surface area contributed by atoms with Crippen LogP contribution in [0.25, 0.3) is 10.9 Å². The molecule has 0 saturated carbocycles.